The van der Waals surface area contributed by atoms with Gasteiger partial charge in [0.1, 0.15) is 11.4 Å². The number of nitrogens with zero attached hydrogens (tertiary/aromatic N) is 3. The first-order chi connectivity index (χ1) is 15.0. The molecule has 1 amide bonds. The molecule has 5 rings (SSSR count). The predicted molar refractivity (Wildman–Crippen MR) is 116 cm³/mol. The van der Waals surface area contributed by atoms with Crippen molar-refractivity contribution in [3.63, 3.8) is 0 Å². The number of carbonyl (C=O) groups excluding carboxylic acids is 1. The lowest BCUT2D eigenvalue weighted by Gasteiger charge is -2.30. The minimum absolute atomic E-state index is 0.0775. The fourth-order valence-electron chi connectivity index (χ4n) is 4.05. The summed E-state index contributed by atoms with van der Waals surface area (Å²) in [7, 11) is 0. The Labute approximate surface area is 186 Å². The van der Waals surface area contributed by atoms with Gasteiger partial charge in [0, 0.05) is 34.1 Å². The number of rotatable bonds is 3. The molecular weight excluding hydrogens is 465 g/mol. The summed E-state index contributed by atoms with van der Waals surface area (Å²) in [5.74, 6) is 0.593. The number of aromatic nitrogens is 2. The van der Waals surface area contributed by atoms with E-state index in [-0.39, 0.29) is 17.6 Å². The summed E-state index contributed by atoms with van der Waals surface area (Å²) >= 11 is 3.46. The van der Waals surface area contributed by atoms with Crippen molar-refractivity contribution in [2.24, 2.45) is 0 Å². The van der Waals surface area contributed by atoms with Crippen LogP contribution < -0.4 is 0 Å². The van der Waals surface area contributed by atoms with Crippen LogP contribution in [-0.2, 0) is 0 Å². The quantitative estimate of drug-likeness (QED) is 0.373. The Morgan fingerprint density at radius 1 is 1.26 bits per heavy atom. The summed E-state index contributed by atoms with van der Waals surface area (Å²) in [5, 5.41) is 4.92. The van der Waals surface area contributed by atoms with Gasteiger partial charge in [-0.05, 0) is 50.1 Å². The monoisotopic (exact) mass is 483 g/mol. The summed E-state index contributed by atoms with van der Waals surface area (Å²) < 4.78 is 25.8. The van der Waals surface area contributed by atoms with Gasteiger partial charge in [0.2, 0.25) is 11.7 Å². The van der Waals surface area contributed by atoms with Crippen LogP contribution in [0.15, 0.2) is 55.9 Å². The smallest absolute Gasteiger partial charge is 0.289 e. The van der Waals surface area contributed by atoms with E-state index < -0.39 is 0 Å². The standard InChI is InChI=1S/C23H19BrFN3O3/c1-13-18-11-16(24)7-8-19(18)30-20(13)23(29)28-9-3-5-15(12-28)22-26-21(27-31-22)14-4-2-6-17(25)10-14/h2,4,6-8,10-11,15H,3,5,9,12H2,1H3. The molecule has 2 aromatic carbocycles. The van der Waals surface area contributed by atoms with Crippen molar-refractivity contribution in [3.05, 3.63) is 70.0 Å². The van der Waals surface area contributed by atoms with Gasteiger partial charge in [-0.25, -0.2) is 4.39 Å². The van der Waals surface area contributed by atoms with E-state index in [1.54, 1.807) is 17.0 Å². The van der Waals surface area contributed by atoms with Crippen LogP contribution in [0.5, 0.6) is 0 Å². The number of fused-ring (bicyclic) bond motifs is 1. The molecule has 0 spiro atoms. The number of aryl methyl sites for hydroxylation is 1. The molecule has 4 aromatic rings. The third-order valence-electron chi connectivity index (χ3n) is 5.67. The number of benzene rings is 2. The third kappa shape index (κ3) is 3.76. The maximum absolute atomic E-state index is 13.5. The van der Waals surface area contributed by atoms with Crippen LogP contribution in [-0.4, -0.2) is 34.0 Å². The molecule has 3 heterocycles. The van der Waals surface area contributed by atoms with Crippen LogP contribution in [0.4, 0.5) is 4.39 Å². The molecule has 0 saturated carbocycles. The van der Waals surface area contributed by atoms with Crippen LogP contribution in [0.2, 0.25) is 0 Å². The SMILES string of the molecule is Cc1c(C(=O)N2CCCC(c3nc(-c4cccc(F)c4)no3)C2)oc2ccc(Br)cc12. The molecule has 6 nitrogen and oxygen atoms in total. The van der Waals surface area contributed by atoms with Gasteiger partial charge >= 0.3 is 0 Å². The van der Waals surface area contributed by atoms with Gasteiger partial charge in [0.15, 0.2) is 5.76 Å². The van der Waals surface area contributed by atoms with E-state index in [0.29, 0.717) is 41.7 Å². The molecular formula is C23H19BrFN3O3. The van der Waals surface area contributed by atoms with Crippen molar-refractivity contribution in [3.8, 4) is 11.4 Å². The van der Waals surface area contributed by atoms with E-state index >= 15 is 0 Å². The van der Waals surface area contributed by atoms with E-state index in [2.05, 4.69) is 26.1 Å². The Bertz CT molecular complexity index is 1280. The summed E-state index contributed by atoms with van der Waals surface area (Å²) in [6.07, 6.45) is 1.65. The van der Waals surface area contributed by atoms with Crippen molar-refractivity contribution in [1.29, 1.82) is 0 Å². The zero-order valence-corrected chi connectivity index (χ0v) is 18.4. The molecule has 31 heavy (non-hydrogen) atoms. The zero-order valence-electron chi connectivity index (χ0n) is 16.8. The lowest BCUT2D eigenvalue weighted by molar-refractivity contribution is 0.0665. The molecule has 0 radical (unpaired) electrons. The highest BCUT2D eigenvalue weighted by Gasteiger charge is 2.31. The van der Waals surface area contributed by atoms with Crippen LogP contribution in [0.25, 0.3) is 22.4 Å². The molecule has 1 unspecified atom stereocenters. The van der Waals surface area contributed by atoms with Gasteiger partial charge < -0.3 is 13.8 Å². The molecule has 1 saturated heterocycles. The number of hydrogen-bond donors (Lipinski definition) is 0. The Hall–Kier alpha value is -3.00. The van der Waals surface area contributed by atoms with Crippen molar-refractivity contribution in [1.82, 2.24) is 15.0 Å². The third-order valence-corrected chi connectivity index (χ3v) is 6.17. The average Bonchev–Trinajstić information content (AvgIpc) is 3.39. The highest BCUT2D eigenvalue weighted by molar-refractivity contribution is 9.10. The summed E-state index contributed by atoms with van der Waals surface area (Å²) in [5.41, 5.74) is 2.08. The fourth-order valence-corrected chi connectivity index (χ4v) is 4.41. The van der Waals surface area contributed by atoms with E-state index in [0.717, 1.165) is 28.3 Å². The first-order valence-corrected chi connectivity index (χ1v) is 10.9. The number of hydrogen-bond acceptors (Lipinski definition) is 5. The lowest BCUT2D eigenvalue weighted by Crippen LogP contribution is -2.39. The summed E-state index contributed by atoms with van der Waals surface area (Å²) in [6, 6.07) is 11.8. The van der Waals surface area contributed by atoms with E-state index in [4.69, 9.17) is 8.94 Å². The first-order valence-electron chi connectivity index (χ1n) is 10.1. The fraction of sp³-hybridized carbons (Fsp3) is 0.261. The molecule has 2 aromatic heterocycles. The second-order valence-electron chi connectivity index (χ2n) is 7.75. The van der Waals surface area contributed by atoms with E-state index in [1.165, 1.54) is 12.1 Å². The minimum atomic E-state index is -0.355. The second kappa shape index (κ2) is 7.92. The highest BCUT2D eigenvalue weighted by atomic mass is 79.9. The zero-order chi connectivity index (χ0) is 21.5. The van der Waals surface area contributed by atoms with Crippen molar-refractivity contribution >= 4 is 32.8 Å². The minimum Gasteiger partial charge on any atom is -0.451 e. The second-order valence-corrected chi connectivity index (χ2v) is 8.67. The number of amides is 1. The van der Waals surface area contributed by atoms with Gasteiger partial charge in [-0.1, -0.05) is 33.2 Å². The predicted octanol–water partition coefficient (Wildman–Crippen LogP) is 5.71. The summed E-state index contributed by atoms with van der Waals surface area (Å²) in [6.45, 7) is 3.00. The topological polar surface area (TPSA) is 72.4 Å². The van der Waals surface area contributed by atoms with Crippen LogP contribution in [0, 0.1) is 12.7 Å². The molecule has 0 N–H and O–H groups in total. The molecule has 1 aliphatic rings. The largest absolute Gasteiger partial charge is 0.451 e. The van der Waals surface area contributed by atoms with Gasteiger partial charge in [0.25, 0.3) is 5.91 Å². The van der Waals surface area contributed by atoms with Gasteiger partial charge in [-0.15, -0.1) is 0 Å². The lowest BCUT2D eigenvalue weighted by atomic mass is 9.97. The van der Waals surface area contributed by atoms with E-state index in [1.807, 2.05) is 25.1 Å². The number of piperidine rings is 1. The normalized spacial score (nSPS) is 16.7. The van der Waals surface area contributed by atoms with Gasteiger partial charge in [-0.3, -0.25) is 4.79 Å². The Morgan fingerprint density at radius 3 is 2.97 bits per heavy atom. The molecule has 1 fully saturated rings. The van der Waals surface area contributed by atoms with Gasteiger partial charge in [0.05, 0.1) is 5.92 Å². The molecule has 0 bridgehead atoms. The molecule has 1 aliphatic heterocycles. The van der Waals surface area contributed by atoms with E-state index in [9.17, 15) is 9.18 Å². The molecule has 8 heteroatoms. The maximum Gasteiger partial charge on any atom is 0.289 e. The summed E-state index contributed by atoms with van der Waals surface area (Å²) in [4.78, 5) is 19.5. The van der Waals surface area contributed by atoms with Crippen LogP contribution in [0.3, 0.4) is 0 Å². The van der Waals surface area contributed by atoms with Gasteiger partial charge in [-0.2, -0.15) is 4.98 Å². The number of furan rings is 1. The van der Waals surface area contributed by atoms with Crippen molar-refractivity contribution < 1.29 is 18.1 Å². The highest BCUT2D eigenvalue weighted by Crippen LogP contribution is 2.32. The Kier molecular flexibility index (Phi) is 5.09. The Balaban J connectivity index is 1.37. The molecule has 158 valence electrons. The Morgan fingerprint density at radius 2 is 2.13 bits per heavy atom. The average molecular weight is 484 g/mol. The molecule has 0 aliphatic carbocycles. The first kappa shape index (κ1) is 19.9. The number of likely N-dealkylation sites (tertiary alicyclic amines) is 1. The number of carbonyl (C=O) groups is 1. The van der Waals surface area contributed by atoms with Crippen molar-refractivity contribution in [2.75, 3.05) is 13.1 Å². The van der Waals surface area contributed by atoms with Crippen LogP contribution in [0.1, 0.15) is 40.8 Å². The maximum atomic E-state index is 13.5. The van der Waals surface area contributed by atoms with Crippen molar-refractivity contribution in [2.45, 2.75) is 25.7 Å². The molecule has 1 atom stereocenters. The van der Waals surface area contributed by atoms with Crippen LogP contribution >= 0.6 is 15.9 Å². The number of halogens is 2.